The number of aromatic nitrogens is 1. The lowest BCUT2D eigenvalue weighted by Gasteiger charge is -2.07. The Morgan fingerprint density at radius 1 is 0.839 bits per heavy atom. The summed E-state index contributed by atoms with van der Waals surface area (Å²) in [6.45, 7) is 0.476. The Balaban J connectivity index is 1.42. The van der Waals surface area contributed by atoms with Crippen LogP contribution >= 0.6 is 0 Å². The Morgan fingerprint density at radius 2 is 1.52 bits per heavy atom. The number of aryl methyl sites for hydroxylation is 2. The zero-order valence-corrected chi connectivity index (χ0v) is 17.5. The third-order valence-electron chi connectivity index (χ3n) is 5.34. The van der Waals surface area contributed by atoms with Crippen molar-refractivity contribution in [2.24, 2.45) is 7.05 Å². The number of carbonyl (C=O) groups is 2. The molecule has 1 heterocycles. The predicted octanol–water partition coefficient (Wildman–Crippen LogP) is 4.68. The molecule has 5 nitrogen and oxygen atoms in total. The number of hydrogen-bond acceptors (Lipinski definition) is 2. The van der Waals surface area contributed by atoms with Gasteiger partial charge in [-0.05, 0) is 41.8 Å². The van der Waals surface area contributed by atoms with Crippen LogP contribution in [0.3, 0.4) is 0 Å². The largest absolute Gasteiger partial charge is 0.347 e. The Labute approximate surface area is 181 Å². The molecular formula is C26H25N3O2. The van der Waals surface area contributed by atoms with E-state index in [9.17, 15) is 9.59 Å². The molecule has 4 aromatic rings. The molecule has 0 unspecified atom stereocenters. The van der Waals surface area contributed by atoms with Gasteiger partial charge in [0.25, 0.3) is 5.91 Å². The molecule has 0 saturated heterocycles. The summed E-state index contributed by atoms with van der Waals surface area (Å²) in [6.07, 6.45) is 1.12. The van der Waals surface area contributed by atoms with Gasteiger partial charge in [0, 0.05) is 36.6 Å². The number of rotatable bonds is 7. The highest BCUT2D eigenvalue weighted by atomic mass is 16.2. The standard InChI is InChI=1S/C26H25N3O2/c1-29-23-14-13-22(28-25(30)15-12-19-8-4-2-5-9-19)16-21(23)17-24(29)26(31)27-18-20-10-6-3-7-11-20/h2-11,13-14,16-17H,12,15,18H2,1H3,(H,27,31)(H,28,30). The second-order valence-corrected chi connectivity index (χ2v) is 7.56. The molecule has 2 amide bonds. The van der Waals surface area contributed by atoms with Crippen molar-refractivity contribution in [1.29, 1.82) is 0 Å². The summed E-state index contributed by atoms with van der Waals surface area (Å²) < 4.78 is 1.87. The van der Waals surface area contributed by atoms with Crippen LogP contribution in [-0.4, -0.2) is 16.4 Å². The van der Waals surface area contributed by atoms with Gasteiger partial charge in [-0.25, -0.2) is 0 Å². The highest BCUT2D eigenvalue weighted by Gasteiger charge is 2.14. The average molecular weight is 412 g/mol. The monoisotopic (exact) mass is 411 g/mol. The minimum atomic E-state index is -0.129. The number of fused-ring (bicyclic) bond motifs is 1. The van der Waals surface area contributed by atoms with Crippen LogP contribution in [0, 0.1) is 0 Å². The maximum atomic E-state index is 12.7. The van der Waals surface area contributed by atoms with Gasteiger partial charge in [-0.1, -0.05) is 60.7 Å². The van der Waals surface area contributed by atoms with Gasteiger partial charge < -0.3 is 15.2 Å². The van der Waals surface area contributed by atoms with Gasteiger partial charge in [0.2, 0.25) is 5.91 Å². The maximum absolute atomic E-state index is 12.7. The van der Waals surface area contributed by atoms with Crippen LogP contribution in [0.15, 0.2) is 84.9 Å². The topological polar surface area (TPSA) is 63.1 Å². The van der Waals surface area contributed by atoms with E-state index in [1.54, 1.807) is 0 Å². The van der Waals surface area contributed by atoms with Crippen LogP contribution in [0.25, 0.3) is 10.9 Å². The van der Waals surface area contributed by atoms with Crippen molar-refractivity contribution in [2.45, 2.75) is 19.4 Å². The molecule has 0 aliphatic heterocycles. The molecular weight excluding hydrogens is 386 g/mol. The van der Waals surface area contributed by atoms with Crippen molar-refractivity contribution in [3.05, 3.63) is 102 Å². The average Bonchev–Trinajstić information content (AvgIpc) is 3.13. The quantitative estimate of drug-likeness (QED) is 0.464. The summed E-state index contributed by atoms with van der Waals surface area (Å²) in [5.41, 5.74) is 4.44. The number of hydrogen-bond donors (Lipinski definition) is 2. The highest BCUT2D eigenvalue weighted by Crippen LogP contribution is 2.23. The summed E-state index contributed by atoms with van der Waals surface area (Å²) in [5, 5.41) is 6.84. The fraction of sp³-hybridized carbons (Fsp3) is 0.154. The van der Waals surface area contributed by atoms with E-state index in [-0.39, 0.29) is 11.8 Å². The lowest BCUT2D eigenvalue weighted by Crippen LogP contribution is -2.24. The van der Waals surface area contributed by atoms with Crippen molar-refractivity contribution in [3.63, 3.8) is 0 Å². The van der Waals surface area contributed by atoms with E-state index in [1.165, 1.54) is 0 Å². The highest BCUT2D eigenvalue weighted by molar-refractivity contribution is 6.00. The number of nitrogens with one attached hydrogen (secondary N) is 2. The van der Waals surface area contributed by atoms with Crippen LogP contribution < -0.4 is 10.6 Å². The van der Waals surface area contributed by atoms with Gasteiger partial charge in [0.1, 0.15) is 5.69 Å². The summed E-state index contributed by atoms with van der Waals surface area (Å²) >= 11 is 0. The Kier molecular flexibility index (Phi) is 6.13. The molecule has 0 aliphatic carbocycles. The van der Waals surface area contributed by atoms with Crippen molar-refractivity contribution in [2.75, 3.05) is 5.32 Å². The number of benzene rings is 3. The number of carbonyl (C=O) groups excluding carboxylic acids is 2. The zero-order chi connectivity index (χ0) is 21.6. The molecule has 4 rings (SSSR count). The fourth-order valence-corrected chi connectivity index (χ4v) is 3.64. The van der Waals surface area contributed by atoms with Crippen LogP contribution in [0.2, 0.25) is 0 Å². The van der Waals surface area contributed by atoms with Crippen LogP contribution in [-0.2, 0) is 24.8 Å². The summed E-state index contributed by atoms with van der Waals surface area (Å²) in [4.78, 5) is 25.0. The molecule has 0 bridgehead atoms. The van der Waals surface area contributed by atoms with E-state index in [1.807, 2.05) is 96.5 Å². The van der Waals surface area contributed by atoms with Crippen LogP contribution in [0.1, 0.15) is 28.0 Å². The molecule has 0 aliphatic rings. The van der Waals surface area contributed by atoms with E-state index in [0.29, 0.717) is 25.1 Å². The Bertz CT molecular complexity index is 1200. The lowest BCUT2D eigenvalue weighted by molar-refractivity contribution is -0.116. The smallest absolute Gasteiger partial charge is 0.268 e. The minimum Gasteiger partial charge on any atom is -0.347 e. The zero-order valence-electron chi connectivity index (χ0n) is 17.5. The Morgan fingerprint density at radius 3 is 2.23 bits per heavy atom. The van der Waals surface area contributed by atoms with Gasteiger partial charge in [0.15, 0.2) is 0 Å². The summed E-state index contributed by atoms with van der Waals surface area (Å²) in [7, 11) is 1.87. The van der Waals surface area contributed by atoms with Gasteiger partial charge in [-0.2, -0.15) is 0 Å². The molecule has 0 atom stereocenters. The first-order valence-electron chi connectivity index (χ1n) is 10.4. The maximum Gasteiger partial charge on any atom is 0.268 e. The van der Waals surface area contributed by atoms with E-state index in [0.717, 1.165) is 27.7 Å². The molecule has 0 saturated carbocycles. The van der Waals surface area contributed by atoms with E-state index >= 15 is 0 Å². The molecule has 3 aromatic carbocycles. The van der Waals surface area contributed by atoms with Gasteiger partial charge in [-0.15, -0.1) is 0 Å². The predicted molar refractivity (Wildman–Crippen MR) is 124 cm³/mol. The van der Waals surface area contributed by atoms with Crippen molar-refractivity contribution in [3.8, 4) is 0 Å². The molecule has 156 valence electrons. The third kappa shape index (κ3) is 5.01. The molecule has 0 fully saturated rings. The van der Waals surface area contributed by atoms with Crippen LogP contribution in [0.5, 0.6) is 0 Å². The number of anilines is 1. The molecule has 2 N–H and O–H groups in total. The first-order chi connectivity index (χ1) is 15.1. The van der Waals surface area contributed by atoms with Crippen molar-refractivity contribution >= 4 is 28.4 Å². The molecule has 5 heteroatoms. The SMILES string of the molecule is Cn1c(C(=O)NCc2ccccc2)cc2cc(NC(=O)CCc3ccccc3)ccc21. The third-order valence-corrected chi connectivity index (χ3v) is 5.34. The van der Waals surface area contributed by atoms with Crippen molar-refractivity contribution in [1.82, 2.24) is 9.88 Å². The minimum absolute atomic E-state index is 0.0278. The first-order valence-corrected chi connectivity index (χ1v) is 10.4. The van der Waals surface area contributed by atoms with Crippen molar-refractivity contribution < 1.29 is 9.59 Å². The summed E-state index contributed by atoms with van der Waals surface area (Å²) in [5.74, 6) is -0.157. The molecule has 0 spiro atoms. The second kappa shape index (κ2) is 9.30. The molecule has 31 heavy (non-hydrogen) atoms. The second-order valence-electron chi connectivity index (χ2n) is 7.56. The number of nitrogens with zero attached hydrogens (tertiary/aromatic N) is 1. The Hall–Kier alpha value is -3.86. The molecule has 0 radical (unpaired) electrons. The van der Waals surface area contributed by atoms with Crippen LogP contribution in [0.4, 0.5) is 5.69 Å². The van der Waals surface area contributed by atoms with E-state index < -0.39 is 0 Å². The van der Waals surface area contributed by atoms with Gasteiger partial charge in [0.05, 0.1) is 0 Å². The number of amides is 2. The fourth-order valence-electron chi connectivity index (χ4n) is 3.64. The summed E-state index contributed by atoms with van der Waals surface area (Å²) in [6, 6.07) is 27.3. The van der Waals surface area contributed by atoms with E-state index in [4.69, 9.17) is 0 Å². The molecule has 1 aromatic heterocycles. The van der Waals surface area contributed by atoms with Gasteiger partial charge >= 0.3 is 0 Å². The first kappa shape index (κ1) is 20.4. The van der Waals surface area contributed by atoms with E-state index in [2.05, 4.69) is 10.6 Å². The van der Waals surface area contributed by atoms with Gasteiger partial charge in [-0.3, -0.25) is 9.59 Å². The lowest BCUT2D eigenvalue weighted by atomic mass is 10.1. The normalized spacial score (nSPS) is 10.7.